The molecule has 0 aliphatic heterocycles. The molecular formula is C22H27N3O2. The molecule has 1 aliphatic carbocycles. The van der Waals surface area contributed by atoms with Crippen LogP contribution in [0.3, 0.4) is 0 Å². The minimum atomic E-state index is -0.440. The summed E-state index contributed by atoms with van der Waals surface area (Å²) in [4.78, 5) is 26.3. The molecule has 3 rings (SSSR count). The van der Waals surface area contributed by atoms with Crippen molar-refractivity contribution in [2.75, 3.05) is 13.1 Å². The number of nitrogens with one attached hydrogen (secondary N) is 2. The van der Waals surface area contributed by atoms with Crippen molar-refractivity contribution in [2.24, 2.45) is 0 Å². The van der Waals surface area contributed by atoms with Crippen LogP contribution in [-0.2, 0) is 17.8 Å². The van der Waals surface area contributed by atoms with E-state index >= 15 is 0 Å². The largest absolute Gasteiger partial charge is 0.338 e. The predicted octanol–water partition coefficient (Wildman–Crippen LogP) is 3.33. The van der Waals surface area contributed by atoms with Crippen LogP contribution in [0.2, 0.25) is 0 Å². The van der Waals surface area contributed by atoms with Gasteiger partial charge < -0.3 is 5.32 Å². The van der Waals surface area contributed by atoms with Crippen LogP contribution in [0.15, 0.2) is 48.5 Å². The number of aryl methyl sites for hydroxylation is 2. The Balaban J connectivity index is 1.77. The lowest BCUT2D eigenvalue weighted by atomic mass is 10.1. The molecule has 0 unspecified atom stereocenters. The van der Waals surface area contributed by atoms with Crippen molar-refractivity contribution in [1.29, 1.82) is 0 Å². The summed E-state index contributed by atoms with van der Waals surface area (Å²) in [5, 5.41) is 5.02. The van der Waals surface area contributed by atoms with E-state index in [4.69, 9.17) is 0 Å². The molecule has 1 aliphatic rings. The molecule has 2 aromatic carbocycles. The minimum Gasteiger partial charge on any atom is -0.338 e. The second-order valence-corrected chi connectivity index (χ2v) is 7.05. The smallest absolute Gasteiger partial charge is 0.321 e. The number of imide groups is 1. The molecule has 0 saturated heterocycles. The number of rotatable bonds is 6. The Morgan fingerprint density at radius 3 is 2.59 bits per heavy atom. The fourth-order valence-electron chi connectivity index (χ4n) is 3.67. The van der Waals surface area contributed by atoms with E-state index in [0.717, 1.165) is 18.4 Å². The number of nitrogens with zero attached hydrogens (tertiary/aromatic N) is 1. The van der Waals surface area contributed by atoms with Gasteiger partial charge in [0.1, 0.15) is 0 Å². The summed E-state index contributed by atoms with van der Waals surface area (Å²) >= 11 is 0. The Bertz CT molecular complexity index is 801. The Morgan fingerprint density at radius 2 is 1.85 bits per heavy atom. The van der Waals surface area contributed by atoms with Crippen LogP contribution in [0.5, 0.6) is 0 Å². The van der Waals surface area contributed by atoms with Crippen LogP contribution in [0, 0.1) is 6.92 Å². The molecule has 0 saturated carbocycles. The predicted molar refractivity (Wildman–Crippen MR) is 106 cm³/mol. The first-order chi connectivity index (χ1) is 13.1. The molecule has 3 amide bonds. The lowest BCUT2D eigenvalue weighted by Gasteiger charge is -2.29. The first-order valence-electron chi connectivity index (χ1n) is 9.52. The fourth-order valence-corrected chi connectivity index (χ4v) is 3.67. The van der Waals surface area contributed by atoms with Crippen molar-refractivity contribution in [3.8, 4) is 0 Å². The lowest BCUT2D eigenvalue weighted by Crippen LogP contribution is -2.44. The van der Waals surface area contributed by atoms with Crippen LogP contribution >= 0.6 is 0 Å². The van der Waals surface area contributed by atoms with Crippen LogP contribution < -0.4 is 10.6 Å². The van der Waals surface area contributed by atoms with E-state index in [1.807, 2.05) is 6.92 Å². The summed E-state index contributed by atoms with van der Waals surface area (Å²) in [5.74, 6) is -0.280. The molecule has 2 N–H and O–H groups in total. The van der Waals surface area contributed by atoms with E-state index in [0.29, 0.717) is 13.1 Å². The van der Waals surface area contributed by atoms with E-state index in [-0.39, 0.29) is 18.5 Å². The van der Waals surface area contributed by atoms with E-state index in [9.17, 15) is 9.59 Å². The van der Waals surface area contributed by atoms with Gasteiger partial charge in [0.2, 0.25) is 5.91 Å². The summed E-state index contributed by atoms with van der Waals surface area (Å²) in [6.45, 7) is 5.23. The average Bonchev–Trinajstić information content (AvgIpc) is 3.07. The normalized spacial score (nSPS) is 15.4. The molecule has 0 radical (unpaired) electrons. The van der Waals surface area contributed by atoms with Gasteiger partial charge in [-0.05, 0) is 43.4 Å². The molecule has 2 aromatic rings. The zero-order chi connectivity index (χ0) is 19.2. The molecule has 142 valence electrons. The number of fused-ring (bicyclic) bond motifs is 1. The highest BCUT2D eigenvalue weighted by molar-refractivity contribution is 5.95. The van der Waals surface area contributed by atoms with Crippen molar-refractivity contribution in [2.45, 2.75) is 39.3 Å². The Morgan fingerprint density at radius 1 is 1.11 bits per heavy atom. The maximum Gasteiger partial charge on any atom is 0.321 e. The molecule has 5 nitrogen and oxygen atoms in total. The van der Waals surface area contributed by atoms with Crippen LogP contribution in [-0.4, -0.2) is 29.9 Å². The van der Waals surface area contributed by atoms with E-state index in [2.05, 4.69) is 71.0 Å². The maximum atomic E-state index is 12.4. The van der Waals surface area contributed by atoms with Gasteiger partial charge in [0, 0.05) is 19.1 Å². The van der Waals surface area contributed by atoms with E-state index < -0.39 is 6.03 Å². The molecule has 0 aromatic heterocycles. The van der Waals surface area contributed by atoms with Crippen molar-refractivity contribution >= 4 is 11.9 Å². The summed E-state index contributed by atoms with van der Waals surface area (Å²) in [7, 11) is 0. The first kappa shape index (κ1) is 19.1. The second kappa shape index (κ2) is 8.82. The molecule has 5 heteroatoms. The van der Waals surface area contributed by atoms with Gasteiger partial charge in [-0.3, -0.25) is 15.0 Å². The number of amides is 3. The molecule has 0 fully saturated rings. The highest BCUT2D eigenvalue weighted by atomic mass is 16.2. The zero-order valence-electron chi connectivity index (χ0n) is 16.0. The fraction of sp³-hybridized carbons (Fsp3) is 0.364. The molecule has 0 heterocycles. The minimum absolute atomic E-state index is 0.183. The quantitative estimate of drug-likeness (QED) is 0.825. The third kappa shape index (κ3) is 4.95. The molecule has 1 atom stereocenters. The maximum absolute atomic E-state index is 12.4. The standard InChI is InChI=1S/C22H27N3O2/c1-3-23-22(27)24-21(26)15-25(14-17-10-8-16(2)9-11-17)20-13-12-18-6-4-5-7-19(18)20/h4-11,20H,3,12-15H2,1-2H3,(H2,23,24,26,27)/t20-/m0/s1. The van der Waals surface area contributed by atoms with Crippen LogP contribution in [0.1, 0.15) is 41.6 Å². The second-order valence-electron chi connectivity index (χ2n) is 7.05. The topological polar surface area (TPSA) is 61.4 Å². The van der Waals surface area contributed by atoms with Crippen molar-refractivity contribution in [3.63, 3.8) is 0 Å². The van der Waals surface area contributed by atoms with Crippen LogP contribution in [0.25, 0.3) is 0 Å². The van der Waals surface area contributed by atoms with Gasteiger partial charge in [0.25, 0.3) is 0 Å². The van der Waals surface area contributed by atoms with Gasteiger partial charge in [-0.2, -0.15) is 0 Å². The number of carbonyl (C=O) groups is 2. The third-order valence-electron chi connectivity index (χ3n) is 4.99. The summed E-state index contributed by atoms with van der Waals surface area (Å²) in [5.41, 5.74) is 5.01. The third-order valence-corrected chi connectivity index (χ3v) is 4.99. The summed E-state index contributed by atoms with van der Waals surface area (Å²) in [6.07, 6.45) is 2.00. The Kier molecular flexibility index (Phi) is 6.24. The number of hydrogen-bond acceptors (Lipinski definition) is 3. The van der Waals surface area contributed by atoms with E-state index in [1.165, 1.54) is 16.7 Å². The van der Waals surface area contributed by atoms with Crippen molar-refractivity contribution in [1.82, 2.24) is 15.5 Å². The van der Waals surface area contributed by atoms with Gasteiger partial charge in [0.15, 0.2) is 0 Å². The van der Waals surface area contributed by atoms with Gasteiger partial charge in [-0.25, -0.2) is 4.79 Å². The average molecular weight is 365 g/mol. The zero-order valence-corrected chi connectivity index (χ0v) is 16.0. The van der Waals surface area contributed by atoms with Gasteiger partial charge in [0.05, 0.1) is 6.54 Å². The number of benzene rings is 2. The van der Waals surface area contributed by atoms with Crippen molar-refractivity contribution < 1.29 is 9.59 Å². The SMILES string of the molecule is CCNC(=O)NC(=O)CN(Cc1ccc(C)cc1)[C@H]1CCc2ccccc21. The Hall–Kier alpha value is -2.66. The van der Waals surface area contributed by atoms with E-state index in [1.54, 1.807) is 0 Å². The first-order valence-corrected chi connectivity index (χ1v) is 9.52. The monoisotopic (exact) mass is 365 g/mol. The number of urea groups is 1. The highest BCUT2D eigenvalue weighted by Gasteiger charge is 2.29. The van der Waals surface area contributed by atoms with Gasteiger partial charge >= 0.3 is 6.03 Å². The lowest BCUT2D eigenvalue weighted by molar-refractivity contribution is -0.121. The molecular weight excluding hydrogens is 338 g/mol. The number of hydrogen-bond donors (Lipinski definition) is 2. The van der Waals surface area contributed by atoms with Gasteiger partial charge in [-0.1, -0.05) is 54.1 Å². The number of carbonyl (C=O) groups excluding carboxylic acids is 2. The molecule has 0 bridgehead atoms. The van der Waals surface area contributed by atoms with Crippen LogP contribution in [0.4, 0.5) is 4.79 Å². The highest BCUT2D eigenvalue weighted by Crippen LogP contribution is 2.36. The Labute approximate surface area is 160 Å². The molecule has 27 heavy (non-hydrogen) atoms. The summed E-state index contributed by atoms with van der Waals surface area (Å²) < 4.78 is 0. The molecule has 0 spiro atoms. The van der Waals surface area contributed by atoms with Gasteiger partial charge in [-0.15, -0.1) is 0 Å². The van der Waals surface area contributed by atoms with Crippen molar-refractivity contribution in [3.05, 3.63) is 70.8 Å². The summed E-state index contributed by atoms with van der Waals surface area (Å²) in [6, 6.07) is 16.5.